The van der Waals surface area contributed by atoms with Crippen molar-refractivity contribution in [2.45, 2.75) is 44.8 Å². The van der Waals surface area contributed by atoms with Gasteiger partial charge in [0, 0.05) is 26.2 Å². The fourth-order valence-electron chi connectivity index (χ4n) is 2.71. The number of nitrogens with one attached hydrogen (secondary N) is 2. The summed E-state index contributed by atoms with van der Waals surface area (Å²) in [4.78, 5) is 0. The van der Waals surface area contributed by atoms with E-state index in [0.717, 1.165) is 19.5 Å². The van der Waals surface area contributed by atoms with Gasteiger partial charge >= 0.3 is 6.18 Å². The molecule has 3 atom stereocenters. The third-order valence-corrected chi connectivity index (χ3v) is 3.93. The molecule has 1 saturated carbocycles. The van der Waals surface area contributed by atoms with E-state index in [9.17, 15) is 13.2 Å². The first-order chi connectivity index (χ1) is 9.43. The summed E-state index contributed by atoms with van der Waals surface area (Å²) in [6.45, 7) is 4.99. The Bertz CT molecular complexity index is 261. The van der Waals surface area contributed by atoms with Gasteiger partial charge < -0.3 is 15.4 Å². The average molecular weight is 296 g/mol. The number of alkyl halides is 3. The summed E-state index contributed by atoms with van der Waals surface area (Å²) in [6, 6.07) is 0.262. The molecule has 1 aliphatic rings. The highest BCUT2D eigenvalue weighted by Crippen LogP contribution is 2.39. The number of halogens is 3. The molecule has 0 aromatic carbocycles. The Hall–Kier alpha value is -0.330. The molecule has 0 spiro atoms. The van der Waals surface area contributed by atoms with Crippen LogP contribution in [0.1, 0.15) is 32.6 Å². The second-order valence-electron chi connectivity index (χ2n) is 5.78. The molecule has 20 heavy (non-hydrogen) atoms. The quantitative estimate of drug-likeness (QED) is 0.675. The normalized spacial score (nSPS) is 25.6. The summed E-state index contributed by atoms with van der Waals surface area (Å²) in [5.74, 6) is -0.949. The molecule has 0 radical (unpaired) electrons. The molecule has 1 aliphatic carbocycles. The Morgan fingerprint density at radius 1 is 1.30 bits per heavy atom. The maximum Gasteiger partial charge on any atom is 0.391 e. The number of hydrogen-bond donors (Lipinski definition) is 2. The summed E-state index contributed by atoms with van der Waals surface area (Å²) in [5.41, 5.74) is 0. The molecule has 0 aromatic rings. The van der Waals surface area contributed by atoms with Crippen molar-refractivity contribution in [2.24, 2.45) is 11.8 Å². The van der Waals surface area contributed by atoms with Crippen molar-refractivity contribution in [2.75, 3.05) is 33.4 Å². The average Bonchev–Trinajstić information content (AvgIpc) is 2.41. The first-order valence-electron chi connectivity index (χ1n) is 7.43. The molecule has 0 saturated heterocycles. The largest absolute Gasteiger partial charge is 0.391 e. The molecule has 1 fully saturated rings. The van der Waals surface area contributed by atoms with Crippen LogP contribution in [0.5, 0.6) is 0 Å². The van der Waals surface area contributed by atoms with Gasteiger partial charge in [0.25, 0.3) is 0 Å². The lowest BCUT2D eigenvalue weighted by Crippen LogP contribution is -2.41. The van der Waals surface area contributed by atoms with Gasteiger partial charge in [-0.2, -0.15) is 13.2 Å². The first-order valence-corrected chi connectivity index (χ1v) is 7.43. The third-order valence-electron chi connectivity index (χ3n) is 3.93. The van der Waals surface area contributed by atoms with E-state index in [1.54, 1.807) is 7.11 Å². The van der Waals surface area contributed by atoms with Gasteiger partial charge in [0.1, 0.15) is 0 Å². The molecule has 0 amide bonds. The zero-order valence-electron chi connectivity index (χ0n) is 12.4. The summed E-state index contributed by atoms with van der Waals surface area (Å²) in [7, 11) is 1.66. The van der Waals surface area contributed by atoms with Gasteiger partial charge in [-0.3, -0.25) is 0 Å². The predicted molar refractivity (Wildman–Crippen MR) is 73.7 cm³/mol. The van der Waals surface area contributed by atoms with Crippen LogP contribution in [-0.4, -0.2) is 45.6 Å². The van der Waals surface area contributed by atoms with Crippen LogP contribution in [0, 0.1) is 11.8 Å². The van der Waals surface area contributed by atoms with Crippen molar-refractivity contribution in [1.29, 1.82) is 0 Å². The Morgan fingerprint density at radius 2 is 2.05 bits per heavy atom. The third kappa shape index (κ3) is 6.90. The second kappa shape index (κ2) is 8.85. The highest BCUT2D eigenvalue weighted by molar-refractivity contribution is 4.80. The molecule has 1 rings (SSSR count). The molecule has 3 nitrogen and oxygen atoms in total. The van der Waals surface area contributed by atoms with Gasteiger partial charge in [0.2, 0.25) is 0 Å². The monoisotopic (exact) mass is 296 g/mol. The minimum Gasteiger partial charge on any atom is -0.383 e. The van der Waals surface area contributed by atoms with Gasteiger partial charge in [-0.25, -0.2) is 0 Å². The standard InChI is InChI=1S/C14H27F3N2O/c1-11(9-18-6-7-20-2)19-10-12-4-3-5-13(8-12)14(15,16)17/h11-13,18-19H,3-10H2,1-2H3. The number of rotatable bonds is 8. The molecule has 120 valence electrons. The molecule has 2 N–H and O–H groups in total. The first kappa shape index (κ1) is 17.7. The van der Waals surface area contributed by atoms with Gasteiger partial charge in [-0.05, 0) is 38.6 Å². The maximum atomic E-state index is 12.7. The predicted octanol–water partition coefficient (Wildman–Crippen LogP) is 2.57. The van der Waals surface area contributed by atoms with Crippen molar-refractivity contribution in [3.63, 3.8) is 0 Å². The van der Waals surface area contributed by atoms with Crippen molar-refractivity contribution in [3.05, 3.63) is 0 Å². The van der Waals surface area contributed by atoms with E-state index in [1.807, 2.05) is 6.92 Å². The Balaban J connectivity index is 2.17. The van der Waals surface area contributed by atoms with Gasteiger partial charge in [0.05, 0.1) is 12.5 Å². The van der Waals surface area contributed by atoms with Gasteiger partial charge in [-0.1, -0.05) is 6.42 Å². The molecule has 3 unspecified atom stereocenters. The van der Waals surface area contributed by atoms with Crippen LogP contribution in [-0.2, 0) is 4.74 Å². The zero-order chi connectivity index (χ0) is 15.0. The van der Waals surface area contributed by atoms with Crippen molar-refractivity contribution in [1.82, 2.24) is 10.6 Å². The minimum atomic E-state index is -4.02. The minimum absolute atomic E-state index is 0.150. The van der Waals surface area contributed by atoms with Crippen LogP contribution in [0.4, 0.5) is 13.2 Å². The summed E-state index contributed by atoms with van der Waals surface area (Å²) in [6.07, 6.45) is -1.85. The van der Waals surface area contributed by atoms with E-state index < -0.39 is 12.1 Å². The lowest BCUT2D eigenvalue weighted by molar-refractivity contribution is -0.185. The van der Waals surface area contributed by atoms with Crippen LogP contribution < -0.4 is 10.6 Å². The van der Waals surface area contributed by atoms with Gasteiger partial charge in [0.15, 0.2) is 0 Å². The fraction of sp³-hybridized carbons (Fsp3) is 1.00. The van der Waals surface area contributed by atoms with Crippen LogP contribution in [0.25, 0.3) is 0 Å². The van der Waals surface area contributed by atoms with Crippen LogP contribution >= 0.6 is 0 Å². The summed E-state index contributed by atoms with van der Waals surface area (Å²) in [5, 5.41) is 6.57. The topological polar surface area (TPSA) is 33.3 Å². The summed E-state index contributed by atoms with van der Waals surface area (Å²) < 4.78 is 43.1. The second-order valence-corrected chi connectivity index (χ2v) is 5.78. The molecule has 0 heterocycles. The number of ether oxygens (including phenoxy) is 1. The Morgan fingerprint density at radius 3 is 2.70 bits per heavy atom. The highest BCUT2D eigenvalue weighted by atomic mass is 19.4. The highest BCUT2D eigenvalue weighted by Gasteiger charge is 2.41. The smallest absolute Gasteiger partial charge is 0.383 e. The van der Waals surface area contributed by atoms with E-state index in [4.69, 9.17) is 4.74 Å². The lowest BCUT2D eigenvalue weighted by atomic mass is 9.81. The lowest BCUT2D eigenvalue weighted by Gasteiger charge is -2.31. The van der Waals surface area contributed by atoms with E-state index >= 15 is 0 Å². The molecule has 0 aliphatic heterocycles. The number of methoxy groups -OCH3 is 1. The zero-order valence-corrected chi connectivity index (χ0v) is 12.4. The summed E-state index contributed by atoms with van der Waals surface area (Å²) >= 11 is 0. The van der Waals surface area contributed by atoms with Crippen molar-refractivity contribution < 1.29 is 17.9 Å². The fourth-order valence-corrected chi connectivity index (χ4v) is 2.71. The van der Waals surface area contributed by atoms with E-state index in [0.29, 0.717) is 26.0 Å². The Labute approximate surface area is 119 Å². The maximum absolute atomic E-state index is 12.7. The molecule has 0 aromatic heterocycles. The Kier molecular flexibility index (Phi) is 7.84. The number of hydrogen-bond acceptors (Lipinski definition) is 3. The molecular weight excluding hydrogens is 269 g/mol. The van der Waals surface area contributed by atoms with E-state index in [-0.39, 0.29) is 18.4 Å². The molecule has 6 heteroatoms. The van der Waals surface area contributed by atoms with Crippen molar-refractivity contribution >= 4 is 0 Å². The van der Waals surface area contributed by atoms with Crippen LogP contribution in [0.2, 0.25) is 0 Å². The van der Waals surface area contributed by atoms with Crippen molar-refractivity contribution in [3.8, 4) is 0 Å². The molecule has 0 bridgehead atoms. The van der Waals surface area contributed by atoms with Crippen LogP contribution in [0.3, 0.4) is 0 Å². The van der Waals surface area contributed by atoms with E-state index in [2.05, 4.69) is 10.6 Å². The van der Waals surface area contributed by atoms with Crippen LogP contribution in [0.15, 0.2) is 0 Å². The van der Waals surface area contributed by atoms with Gasteiger partial charge in [-0.15, -0.1) is 0 Å². The molecular formula is C14H27F3N2O. The SMILES string of the molecule is COCCNCC(C)NCC1CCCC(C(F)(F)F)C1. The van der Waals surface area contributed by atoms with E-state index in [1.165, 1.54) is 0 Å².